The molecule has 3 aromatic rings. The molecule has 2 N–H and O–H groups in total. The first-order valence-electron chi connectivity index (χ1n) is 10.1. The van der Waals surface area contributed by atoms with Gasteiger partial charge in [-0.1, -0.05) is 78.9 Å². The van der Waals surface area contributed by atoms with E-state index in [2.05, 4.69) is 10.6 Å². The molecule has 3 rings (SSSR count). The highest BCUT2D eigenvalue weighted by atomic mass is 16.5. The third-order valence-electron chi connectivity index (χ3n) is 4.56. The Kier molecular flexibility index (Phi) is 7.54. The van der Waals surface area contributed by atoms with Crippen molar-refractivity contribution in [2.45, 2.75) is 20.0 Å². The van der Waals surface area contributed by atoms with Crippen LogP contribution in [0.4, 0.5) is 5.69 Å². The third kappa shape index (κ3) is 6.15. The predicted molar refractivity (Wildman–Crippen MR) is 124 cm³/mol. The Labute approximate surface area is 186 Å². The molecule has 0 unspecified atom stereocenters. The summed E-state index contributed by atoms with van der Waals surface area (Å²) in [5.41, 5.74) is 3.07. The Morgan fingerprint density at radius 1 is 0.844 bits per heavy atom. The maximum Gasteiger partial charge on any atom is 0.355 e. The number of carbonyl (C=O) groups is 3. The van der Waals surface area contributed by atoms with Gasteiger partial charge in [0.05, 0.1) is 0 Å². The van der Waals surface area contributed by atoms with Crippen molar-refractivity contribution in [3.63, 3.8) is 0 Å². The predicted octanol–water partition coefficient (Wildman–Crippen LogP) is 4.40. The third-order valence-corrected chi connectivity index (χ3v) is 4.56. The van der Waals surface area contributed by atoms with Crippen molar-refractivity contribution in [2.24, 2.45) is 0 Å². The van der Waals surface area contributed by atoms with Gasteiger partial charge in [-0.25, -0.2) is 4.79 Å². The zero-order chi connectivity index (χ0) is 22.9. The summed E-state index contributed by atoms with van der Waals surface area (Å²) in [7, 11) is 0. The maximum atomic E-state index is 12.7. The van der Waals surface area contributed by atoms with E-state index in [1.807, 2.05) is 66.7 Å². The molecule has 1 atom stereocenters. The quantitative estimate of drug-likeness (QED) is 0.432. The number of hydrogen-bond donors (Lipinski definition) is 2. The Balaban J connectivity index is 1.73. The number of carbonyl (C=O) groups excluding carboxylic acids is 3. The summed E-state index contributed by atoms with van der Waals surface area (Å²) >= 11 is 0. The molecule has 0 spiro atoms. The summed E-state index contributed by atoms with van der Waals surface area (Å²) in [5, 5.41) is 5.29. The van der Waals surface area contributed by atoms with Crippen LogP contribution in [0.5, 0.6) is 0 Å². The van der Waals surface area contributed by atoms with Crippen molar-refractivity contribution in [3.05, 3.63) is 96.2 Å². The van der Waals surface area contributed by atoms with E-state index in [1.165, 1.54) is 19.9 Å². The van der Waals surface area contributed by atoms with Gasteiger partial charge in [0.2, 0.25) is 5.91 Å². The summed E-state index contributed by atoms with van der Waals surface area (Å²) in [6, 6.07) is 26.1. The van der Waals surface area contributed by atoms with Gasteiger partial charge in [0, 0.05) is 18.2 Å². The number of esters is 1. The van der Waals surface area contributed by atoms with E-state index >= 15 is 0 Å². The second-order valence-electron chi connectivity index (χ2n) is 7.10. The molecule has 0 aromatic heterocycles. The number of rotatable bonds is 7. The zero-order valence-corrected chi connectivity index (χ0v) is 17.9. The molecule has 32 heavy (non-hydrogen) atoms. The number of anilines is 1. The fourth-order valence-electron chi connectivity index (χ4n) is 3.03. The summed E-state index contributed by atoms with van der Waals surface area (Å²) in [4.78, 5) is 36.9. The molecule has 0 saturated carbocycles. The molecule has 162 valence electrons. The van der Waals surface area contributed by atoms with E-state index in [0.29, 0.717) is 11.3 Å². The van der Waals surface area contributed by atoms with Crippen LogP contribution in [-0.2, 0) is 19.1 Å². The lowest BCUT2D eigenvalue weighted by Gasteiger charge is -2.17. The van der Waals surface area contributed by atoms with E-state index in [-0.39, 0.29) is 5.70 Å². The molecule has 6 heteroatoms. The molecule has 0 aliphatic carbocycles. The molecule has 0 aliphatic rings. The summed E-state index contributed by atoms with van der Waals surface area (Å²) in [5.74, 6) is -1.70. The zero-order valence-electron chi connectivity index (χ0n) is 17.9. The number of benzene rings is 3. The van der Waals surface area contributed by atoms with Crippen molar-refractivity contribution < 1.29 is 19.1 Å². The van der Waals surface area contributed by atoms with E-state index in [0.717, 1.165) is 11.1 Å². The summed E-state index contributed by atoms with van der Waals surface area (Å²) in [6.45, 7) is 2.77. The number of amides is 2. The molecule has 6 nitrogen and oxygen atoms in total. The smallest absolute Gasteiger partial charge is 0.355 e. The molecule has 0 saturated heterocycles. The maximum absolute atomic E-state index is 12.7. The van der Waals surface area contributed by atoms with Gasteiger partial charge < -0.3 is 15.4 Å². The molecule has 0 bridgehead atoms. The Morgan fingerprint density at radius 3 is 2.09 bits per heavy atom. The summed E-state index contributed by atoms with van der Waals surface area (Å²) < 4.78 is 5.33. The minimum Gasteiger partial charge on any atom is -0.448 e. The highest BCUT2D eigenvalue weighted by molar-refractivity contribution is 6.02. The fraction of sp³-hybridized carbons (Fsp3) is 0.115. The number of ether oxygens (including phenoxy) is 1. The van der Waals surface area contributed by atoms with E-state index < -0.39 is 23.9 Å². The van der Waals surface area contributed by atoms with Crippen LogP contribution in [0, 0.1) is 0 Å². The fourth-order valence-corrected chi connectivity index (χ4v) is 3.03. The van der Waals surface area contributed by atoms with Crippen molar-refractivity contribution in [1.29, 1.82) is 0 Å². The van der Waals surface area contributed by atoms with Crippen molar-refractivity contribution in [1.82, 2.24) is 5.32 Å². The van der Waals surface area contributed by atoms with Crippen LogP contribution in [0.1, 0.15) is 19.4 Å². The van der Waals surface area contributed by atoms with Gasteiger partial charge >= 0.3 is 5.97 Å². The Bertz CT molecular complexity index is 1120. The number of para-hydroxylation sites is 1. The van der Waals surface area contributed by atoms with Gasteiger partial charge in [-0.05, 0) is 30.2 Å². The standard InChI is InChI=1S/C26H24N2O4/c1-18(32-26(31)24(27-19(2)29)17-20-11-5-3-6-12-20)25(30)28-23-16-10-9-15-22(23)21-13-7-4-8-14-21/h3-18H,1-2H3,(H,27,29)(H,28,30)/b24-17-/t18-/m0/s1. The van der Waals surface area contributed by atoms with E-state index in [4.69, 9.17) is 4.74 Å². The second-order valence-corrected chi connectivity index (χ2v) is 7.10. The molecule has 0 heterocycles. The topological polar surface area (TPSA) is 84.5 Å². The minimum absolute atomic E-state index is 0.0481. The van der Waals surface area contributed by atoms with Gasteiger partial charge in [-0.3, -0.25) is 9.59 Å². The van der Waals surface area contributed by atoms with Crippen LogP contribution in [0.15, 0.2) is 90.6 Å². The van der Waals surface area contributed by atoms with Crippen molar-refractivity contribution in [2.75, 3.05) is 5.32 Å². The lowest BCUT2D eigenvalue weighted by atomic mass is 10.0. The van der Waals surface area contributed by atoms with Gasteiger partial charge in [-0.15, -0.1) is 0 Å². The molecule has 0 fully saturated rings. The molecule has 3 aromatic carbocycles. The Morgan fingerprint density at radius 2 is 1.44 bits per heavy atom. The lowest BCUT2D eigenvalue weighted by molar-refractivity contribution is -0.149. The number of nitrogens with one attached hydrogen (secondary N) is 2. The van der Waals surface area contributed by atoms with Crippen LogP contribution in [0.2, 0.25) is 0 Å². The Hall–Kier alpha value is -4.19. The van der Waals surface area contributed by atoms with Gasteiger partial charge in [0.1, 0.15) is 5.70 Å². The molecular weight excluding hydrogens is 404 g/mol. The van der Waals surface area contributed by atoms with Gasteiger partial charge in [-0.2, -0.15) is 0 Å². The molecule has 2 amide bonds. The average Bonchev–Trinajstić information content (AvgIpc) is 2.80. The monoisotopic (exact) mass is 428 g/mol. The average molecular weight is 428 g/mol. The molecule has 0 aliphatic heterocycles. The van der Waals surface area contributed by atoms with Crippen LogP contribution in [0.3, 0.4) is 0 Å². The van der Waals surface area contributed by atoms with E-state index in [1.54, 1.807) is 18.2 Å². The van der Waals surface area contributed by atoms with Crippen LogP contribution < -0.4 is 10.6 Å². The van der Waals surface area contributed by atoms with Gasteiger partial charge in [0.15, 0.2) is 6.10 Å². The SMILES string of the molecule is CC(=O)N/C(=C\c1ccccc1)C(=O)O[C@@H](C)C(=O)Nc1ccccc1-c1ccccc1. The number of hydrogen-bond acceptors (Lipinski definition) is 4. The van der Waals surface area contributed by atoms with E-state index in [9.17, 15) is 14.4 Å². The van der Waals surface area contributed by atoms with Crippen LogP contribution in [-0.4, -0.2) is 23.9 Å². The second kappa shape index (κ2) is 10.7. The minimum atomic E-state index is -1.08. The van der Waals surface area contributed by atoms with Gasteiger partial charge in [0.25, 0.3) is 5.91 Å². The lowest BCUT2D eigenvalue weighted by Crippen LogP contribution is -2.34. The van der Waals surface area contributed by atoms with Crippen LogP contribution in [0.25, 0.3) is 17.2 Å². The molecule has 0 radical (unpaired) electrons. The summed E-state index contributed by atoms with van der Waals surface area (Å²) in [6.07, 6.45) is 0.415. The largest absolute Gasteiger partial charge is 0.448 e. The van der Waals surface area contributed by atoms with Crippen molar-refractivity contribution >= 4 is 29.5 Å². The highest BCUT2D eigenvalue weighted by Gasteiger charge is 2.22. The normalized spacial score (nSPS) is 11.9. The first-order valence-corrected chi connectivity index (χ1v) is 10.1. The first-order chi connectivity index (χ1) is 15.4. The molecular formula is C26H24N2O4. The first kappa shape index (κ1) is 22.5. The van der Waals surface area contributed by atoms with Crippen molar-refractivity contribution in [3.8, 4) is 11.1 Å². The highest BCUT2D eigenvalue weighted by Crippen LogP contribution is 2.27. The van der Waals surface area contributed by atoms with Crippen LogP contribution >= 0.6 is 0 Å².